The molecule has 0 aliphatic carbocycles. The van der Waals surface area contributed by atoms with Crippen LogP contribution in [-0.2, 0) is 13.0 Å². The zero-order valence-electron chi connectivity index (χ0n) is 16.2. The molecule has 1 atom stereocenters. The monoisotopic (exact) mass is 398 g/mol. The zero-order valence-corrected chi connectivity index (χ0v) is 16.9. The minimum Gasteiger partial charge on any atom is -0.328 e. The molecule has 1 aromatic heterocycles. The zero-order chi connectivity index (χ0) is 19.3. The first-order valence-corrected chi connectivity index (χ1v) is 10.3. The molecule has 6 nitrogen and oxygen atoms in total. The number of nitrogens with one attached hydrogen (secondary N) is 2. The van der Waals surface area contributed by atoms with Gasteiger partial charge >= 0.3 is 0 Å². The average Bonchev–Trinajstić information content (AvgIpc) is 3.18. The van der Waals surface area contributed by atoms with Crippen LogP contribution in [0.3, 0.4) is 0 Å². The average molecular weight is 399 g/mol. The van der Waals surface area contributed by atoms with Crippen LogP contribution in [0.5, 0.6) is 0 Å². The molecule has 2 N–H and O–H groups in total. The standard InChI is InChI=1S/C21H25ClN6/c1-26-13-15-27(16-14-26)20(18-9-5-6-10-19(18)22)21-23-24-25-28(21)12-11-17-7-3-2-4-8-17/h2-10,20H,11-16H2,1H3/p+2/t20-/m1/s1. The Morgan fingerprint density at radius 3 is 2.46 bits per heavy atom. The highest BCUT2D eigenvalue weighted by Crippen LogP contribution is 2.25. The van der Waals surface area contributed by atoms with E-state index in [-0.39, 0.29) is 6.04 Å². The second-order valence-corrected chi connectivity index (χ2v) is 7.97. The molecule has 1 fully saturated rings. The summed E-state index contributed by atoms with van der Waals surface area (Å²) in [6, 6.07) is 18.6. The summed E-state index contributed by atoms with van der Waals surface area (Å²) < 4.78 is 1.96. The molecule has 1 aliphatic rings. The summed E-state index contributed by atoms with van der Waals surface area (Å²) in [7, 11) is 2.26. The third-order valence-electron chi connectivity index (χ3n) is 5.64. The molecular formula is C21H27ClN6+2. The van der Waals surface area contributed by atoms with Gasteiger partial charge in [0.05, 0.1) is 12.1 Å². The molecule has 146 valence electrons. The van der Waals surface area contributed by atoms with Gasteiger partial charge in [0.25, 0.3) is 0 Å². The number of aromatic nitrogens is 4. The number of tetrazole rings is 1. The molecule has 0 amide bonds. The van der Waals surface area contributed by atoms with E-state index >= 15 is 0 Å². The van der Waals surface area contributed by atoms with Crippen LogP contribution in [0.2, 0.25) is 5.02 Å². The molecule has 0 saturated carbocycles. The summed E-state index contributed by atoms with van der Waals surface area (Å²) >= 11 is 6.61. The SMILES string of the molecule is C[NH+]1CC[NH+]([C@H](c2ccccc2Cl)c2nnnn2CCc2ccccc2)CC1. The van der Waals surface area contributed by atoms with Crippen molar-refractivity contribution in [2.75, 3.05) is 33.2 Å². The maximum Gasteiger partial charge on any atom is 0.214 e. The van der Waals surface area contributed by atoms with E-state index in [9.17, 15) is 0 Å². The molecule has 3 aromatic rings. The summed E-state index contributed by atoms with van der Waals surface area (Å²) in [6.07, 6.45) is 0.899. The number of aryl methyl sites for hydroxylation is 2. The number of piperazine rings is 1. The first-order valence-electron chi connectivity index (χ1n) is 9.92. The number of nitrogens with zero attached hydrogens (tertiary/aromatic N) is 4. The van der Waals surface area contributed by atoms with E-state index in [2.05, 4.69) is 52.9 Å². The second kappa shape index (κ2) is 8.82. The van der Waals surface area contributed by atoms with E-state index in [0.29, 0.717) is 0 Å². The maximum absolute atomic E-state index is 6.61. The molecule has 28 heavy (non-hydrogen) atoms. The van der Waals surface area contributed by atoms with Gasteiger partial charge < -0.3 is 9.80 Å². The molecule has 0 radical (unpaired) electrons. The van der Waals surface area contributed by atoms with Crippen LogP contribution in [0, 0.1) is 0 Å². The minimum absolute atomic E-state index is 0.0487. The molecule has 0 unspecified atom stereocenters. The largest absolute Gasteiger partial charge is 0.328 e. The fourth-order valence-corrected chi connectivity index (χ4v) is 4.24. The summed E-state index contributed by atoms with van der Waals surface area (Å²) in [6.45, 7) is 5.19. The van der Waals surface area contributed by atoms with E-state index in [4.69, 9.17) is 11.6 Å². The molecule has 7 heteroatoms. The van der Waals surface area contributed by atoms with Gasteiger partial charge in [0, 0.05) is 12.1 Å². The smallest absolute Gasteiger partial charge is 0.214 e. The minimum atomic E-state index is 0.0487. The van der Waals surface area contributed by atoms with Crippen LogP contribution in [0.4, 0.5) is 0 Å². The molecule has 0 bridgehead atoms. The van der Waals surface area contributed by atoms with Crippen molar-refractivity contribution in [2.24, 2.45) is 0 Å². The Balaban J connectivity index is 1.64. The van der Waals surface area contributed by atoms with Gasteiger partial charge in [-0.3, -0.25) is 0 Å². The highest BCUT2D eigenvalue weighted by Gasteiger charge is 2.35. The Hall–Kier alpha value is -2.28. The number of hydrogen-bond donors (Lipinski definition) is 2. The quantitative estimate of drug-likeness (QED) is 0.618. The fraction of sp³-hybridized carbons (Fsp3) is 0.381. The van der Waals surface area contributed by atoms with Crippen molar-refractivity contribution in [1.29, 1.82) is 0 Å². The number of quaternary nitrogens is 2. The number of rotatable bonds is 6. The lowest BCUT2D eigenvalue weighted by atomic mass is 10.0. The topological polar surface area (TPSA) is 52.5 Å². The van der Waals surface area contributed by atoms with Crippen molar-refractivity contribution in [3.05, 3.63) is 76.6 Å². The molecular weight excluding hydrogens is 372 g/mol. The maximum atomic E-state index is 6.61. The Bertz CT molecular complexity index is 889. The van der Waals surface area contributed by atoms with Crippen LogP contribution < -0.4 is 9.80 Å². The predicted octanol–water partition coefficient (Wildman–Crippen LogP) is 0.0718. The summed E-state index contributed by atoms with van der Waals surface area (Å²) in [5.41, 5.74) is 2.39. The number of likely N-dealkylation sites (N-methyl/N-ethyl adjacent to an activating group) is 1. The van der Waals surface area contributed by atoms with E-state index in [1.54, 1.807) is 4.90 Å². The predicted molar refractivity (Wildman–Crippen MR) is 109 cm³/mol. The van der Waals surface area contributed by atoms with Crippen molar-refractivity contribution in [3.63, 3.8) is 0 Å². The molecule has 1 aliphatic heterocycles. The number of hydrogen-bond acceptors (Lipinski definition) is 3. The summed E-state index contributed by atoms with van der Waals surface area (Å²) in [5.74, 6) is 0.901. The van der Waals surface area contributed by atoms with Gasteiger partial charge in [-0.2, -0.15) is 0 Å². The number of benzene rings is 2. The van der Waals surface area contributed by atoms with Crippen LogP contribution in [-0.4, -0.2) is 53.4 Å². The van der Waals surface area contributed by atoms with Crippen LogP contribution >= 0.6 is 11.6 Å². The lowest BCUT2D eigenvalue weighted by Crippen LogP contribution is -3.27. The van der Waals surface area contributed by atoms with Crippen molar-refractivity contribution in [2.45, 2.75) is 19.0 Å². The summed E-state index contributed by atoms with van der Waals surface area (Å²) in [4.78, 5) is 3.06. The molecule has 4 rings (SSSR count). The second-order valence-electron chi connectivity index (χ2n) is 7.57. The third kappa shape index (κ3) is 4.24. The fourth-order valence-electron chi connectivity index (χ4n) is 3.99. The Morgan fingerprint density at radius 2 is 1.71 bits per heavy atom. The van der Waals surface area contributed by atoms with Gasteiger partial charge in [-0.05, 0) is 28.5 Å². The van der Waals surface area contributed by atoms with Crippen molar-refractivity contribution in [3.8, 4) is 0 Å². The van der Waals surface area contributed by atoms with Crippen LogP contribution in [0.25, 0.3) is 0 Å². The van der Waals surface area contributed by atoms with E-state index < -0.39 is 0 Å². The van der Waals surface area contributed by atoms with Crippen LogP contribution in [0.15, 0.2) is 54.6 Å². The van der Waals surface area contributed by atoms with E-state index in [1.165, 1.54) is 10.5 Å². The van der Waals surface area contributed by atoms with Gasteiger partial charge in [0.1, 0.15) is 26.2 Å². The molecule has 2 heterocycles. The van der Waals surface area contributed by atoms with E-state index in [0.717, 1.165) is 55.6 Å². The number of halogens is 1. The first-order chi connectivity index (χ1) is 13.7. The van der Waals surface area contributed by atoms with E-state index in [1.807, 2.05) is 28.9 Å². The van der Waals surface area contributed by atoms with Crippen molar-refractivity contribution in [1.82, 2.24) is 20.2 Å². The molecule has 1 saturated heterocycles. The highest BCUT2D eigenvalue weighted by atomic mass is 35.5. The molecule has 2 aromatic carbocycles. The van der Waals surface area contributed by atoms with Crippen molar-refractivity contribution < 1.29 is 9.80 Å². The van der Waals surface area contributed by atoms with Gasteiger partial charge in [0.2, 0.25) is 5.82 Å². The lowest BCUT2D eigenvalue weighted by molar-refractivity contribution is -1.02. The van der Waals surface area contributed by atoms with Gasteiger partial charge in [0.15, 0.2) is 6.04 Å². The lowest BCUT2D eigenvalue weighted by Gasteiger charge is -2.33. The van der Waals surface area contributed by atoms with Gasteiger partial charge in [-0.1, -0.05) is 60.1 Å². The van der Waals surface area contributed by atoms with Crippen molar-refractivity contribution >= 4 is 11.6 Å². The van der Waals surface area contributed by atoms with Gasteiger partial charge in [-0.15, -0.1) is 5.10 Å². The highest BCUT2D eigenvalue weighted by molar-refractivity contribution is 6.31. The Labute approximate surface area is 170 Å². The summed E-state index contributed by atoms with van der Waals surface area (Å²) in [5, 5.41) is 13.6. The molecule has 0 spiro atoms. The van der Waals surface area contributed by atoms with Crippen LogP contribution in [0.1, 0.15) is 23.0 Å². The normalized spacial score (nSPS) is 20.8. The first kappa shape index (κ1) is 19.1. The Morgan fingerprint density at radius 1 is 1.00 bits per heavy atom. The Kier molecular flexibility index (Phi) is 6.00. The van der Waals surface area contributed by atoms with Gasteiger partial charge in [-0.25, -0.2) is 4.68 Å². The third-order valence-corrected chi connectivity index (χ3v) is 5.99.